The van der Waals surface area contributed by atoms with Crippen molar-refractivity contribution in [2.45, 2.75) is 13.3 Å². The lowest BCUT2D eigenvalue weighted by atomic mass is 10.1. The van der Waals surface area contributed by atoms with Crippen LogP contribution >= 0.6 is 0 Å². The van der Waals surface area contributed by atoms with E-state index in [2.05, 4.69) is 22.0 Å². The van der Waals surface area contributed by atoms with Gasteiger partial charge >= 0.3 is 0 Å². The average Bonchev–Trinajstić information content (AvgIpc) is 3.35. The summed E-state index contributed by atoms with van der Waals surface area (Å²) in [6.45, 7) is 5.20. The van der Waals surface area contributed by atoms with Crippen molar-refractivity contribution in [2.24, 2.45) is 5.92 Å². The summed E-state index contributed by atoms with van der Waals surface area (Å²) in [5, 5.41) is 0. The van der Waals surface area contributed by atoms with Gasteiger partial charge in [0.05, 0.1) is 5.92 Å². The fraction of sp³-hybridized carbons (Fsp3) is 0.348. The third-order valence-electron chi connectivity index (χ3n) is 5.98. The van der Waals surface area contributed by atoms with Crippen LogP contribution in [-0.2, 0) is 9.59 Å². The normalized spacial score (nSPS) is 19.7. The summed E-state index contributed by atoms with van der Waals surface area (Å²) < 4.78 is 5.51. The first-order valence-corrected chi connectivity index (χ1v) is 10.3. The third kappa shape index (κ3) is 3.40. The minimum Gasteiger partial charge on any atom is -0.441 e. The topological polar surface area (TPSA) is 69.9 Å². The van der Waals surface area contributed by atoms with E-state index in [1.807, 2.05) is 41.3 Å². The molecule has 2 aliphatic heterocycles. The summed E-state index contributed by atoms with van der Waals surface area (Å²) in [7, 11) is 0. The maximum absolute atomic E-state index is 13.1. The van der Waals surface area contributed by atoms with E-state index in [0.29, 0.717) is 31.1 Å². The van der Waals surface area contributed by atoms with Crippen LogP contribution < -0.4 is 9.80 Å². The van der Waals surface area contributed by atoms with E-state index in [-0.39, 0.29) is 24.2 Å². The van der Waals surface area contributed by atoms with E-state index in [9.17, 15) is 9.59 Å². The summed E-state index contributed by atoms with van der Waals surface area (Å²) in [5.74, 6) is 0.362. The molecule has 30 heavy (non-hydrogen) atoms. The number of benzene rings is 2. The van der Waals surface area contributed by atoms with Crippen LogP contribution in [0.2, 0.25) is 0 Å². The number of carbonyl (C=O) groups excluding carboxylic acids is 2. The molecule has 0 radical (unpaired) electrons. The highest BCUT2D eigenvalue weighted by atomic mass is 16.3. The van der Waals surface area contributed by atoms with Crippen molar-refractivity contribution in [3.8, 4) is 0 Å². The molecule has 2 fully saturated rings. The molecule has 2 saturated heterocycles. The number of aryl methyl sites for hydroxylation is 1. The van der Waals surface area contributed by atoms with E-state index in [1.165, 1.54) is 5.69 Å². The first kappa shape index (κ1) is 18.7. The number of oxazole rings is 1. The van der Waals surface area contributed by atoms with Gasteiger partial charge in [0.25, 0.3) is 0 Å². The van der Waals surface area contributed by atoms with Gasteiger partial charge < -0.3 is 19.1 Å². The van der Waals surface area contributed by atoms with Crippen molar-refractivity contribution in [3.63, 3.8) is 0 Å². The molecule has 3 heterocycles. The molecular formula is C23H24N4O3. The number of rotatable bonds is 3. The van der Waals surface area contributed by atoms with Crippen LogP contribution in [0.5, 0.6) is 0 Å². The van der Waals surface area contributed by atoms with Gasteiger partial charge in [-0.15, -0.1) is 0 Å². The molecule has 5 rings (SSSR count). The van der Waals surface area contributed by atoms with E-state index < -0.39 is 0 Å². The molecule has 7 nitrogen and oxygen atoms in total. The zero-order valence-corrected chi connectivity index (χ0v) is 17.0. The highest BCUT2D eigenvalue weighted by molar-refractivity contribution is 6.01. The lowest BCUT2D eigenvalue weighted by Crippen LogP contribution is -2.50. The predicted molar refractivity (Wildman–Crippen MR) is 114 cm³/mol. The van der Waals surface area contributed by atoms with Crippen LogP contribution in [0.1, 0.15) is 12.3 Å². The van der Waals surface area contributed by atoms with Crippen LogP contribution in [0.15, 0.2) is 52.9 Å². The number of carbonyl (C=O) groups is 2. The summed E-state index contributed by atoms with van der Waals surface area (Å²) in [4.78, 5) is 36.0. The number of hydrogen-bond donors (Lipinski definition) is 0. The molecular weight excluding hydrogens is 380 g/mol. The zero-order valence-electron chi connectivity index (χ0n) is 17.0. The maximum Gasteiger partial charge on any atom is 0.228 e. The van der Waals surface area contributed by atoms with E-state index >= 15 is 0 Å². The van der Waals surface area contributed by atoms with Gasteiger partial charge in [0.2, 0.25) is 11.8 Å². The molecule has 1 atom stereocenters. The van der Waals surface area contributed by atoms with Crippen molar-refractivity contribution in [1.29, 1.82) is 0 Å². The molecule has 0 spiro atoms. The number of amides is 2. The number of hydrogen-bond acceptors (Lipinski definition) is 5. The van der Waals surface area contributed by atoms with E-state index in [0.717, 1.165) is 24.3 Å². The number of nitrogens with zero attached hydrogens (tertiary/aromatic N) is 4. The number of anilines is 2. The summed E-state index contributed by atoms with van der Waals surface area (Å²) >= 11 is 0. The Morgan fingerprint density at radius 1 is 1.03 bits per heavy atom. The van der Waals surface area contributed by atoms with E-state index in [1.54, 1.807) is 11.8 Å². The van der Waals surface area contributed by atoms with Gasteiger partial charge in [0.1, 0.15) is 5.52 Å². The minimum absolute atomic E-state index is 0.0177. The van der Waals surface area contributed by atoms with Crippen LogP contribution in [0.25, 0.3) is 11.1 Å². The second-order valence-corrected chi connectivity index (χ2v) is 7.94. The predicted octanol–water partition coefficient (Wildman–Crippen LogP) is 2.84. The van der Waals surface area contributed by atoms with Gasteiger partial charge in [-0.1, -0.05) is 18.2 Å². The highest BCUT2D eigenvalue weighted by Gasteiger charge is 2.38. The average molecular weight is 404 g/mol. The Balaban J connectivity index is 1.24. The maximum atomic E-state index is 13.1. The molecule has 1 aromatic heterocycles. The number of fused-ring (bicyclic) bond motifs is 1. The fourth-order valence-electron chi connectivity index (χ4n) is 4.40. The van der Waals surface area contributed by atoms with Crippen LogP contribution in [0.4, 0.5) is 11.4 Å². The van der Waals surface area contributed by atoms with Crippen molar-refractivity contribution in [2.75, 3.05) is 42.5 Å². The second-order valence-electron chi connectivity index (χ2n) is 7.94. The minimum atomic E-state index is -0.296. The highest BCUT2D eigenvalue weighted by Crippen LogP contribution is 2.29. The Bertz CT molecular complexity index is 1090. The third-order valence-corrected chi connectivity index (χ3v) is 5.98. The molecule has 7 heteroatoms. The Hall–Kier alpha value is -3.35. The monoisotopic (exact) mass is 404 g/mol. The van der Waals surface area contributed by atoms with Gasteiger partial charge in [-0.25, -0.2) is 4.98 Å². The number of para-hydroxylation sites is 1. The molecule has 0 N–H and O–H groups in total. The molecule has 2 aliphatic rings. The van der Waals surface area contributed by atoms with Gasteiger partial charge in [-0.2, -0.15) is 0 Å². The number of piperazine rings is 1. The van der Waals surface area contributed by atoms with Crippen molar-refractivity contribution >= 4 is 34.3 Å². The molecule has 0 saturated carbocycles. The first-order chi connectivity index (χ1) is 14.6. The number of aromatic nitrogens is 1. The molecule has 2 aromatic carbocycles. The lowest BCUT2D eigenvalue weighted by Gasteiger charge is -2.37. The standard InChI is InChI=1S/C23H24N4O3/c1-16-24-20-14-19(7-8-21(20)30-16)27-15-17(13-22(27)28)23(29)26-11-9-25(10-12-26)18-5-3-2-4-6-18/h2-8,14,17H,9-13,15H2,1H3. The quantitative estimate of drug-likeness (QED) is 0.671. The molecule has 0 bridgehead atoms. The largest absolute Gasteiger partial charge is 0.441 e. The molecule has 3 aromatic rings. The Kier molecular flexibility index (Phi) is 4.65. The van der Waals surface area contributed by atoms with Crippen molar-refractivity contribution in [1.82, 2.24) is 9.88 Å². The van der Waals surface area contributed by atoms with Crippen LogP contribution in [-0.4, -0.2) is 54.4 Å². The molecule has 2 amide bonds. The van der Waals surface area contributed by atoms with Crippen molar-refractivity contribution in [3.05, 3.63) is 54.4 Å². The second kappa shape index (κ2) is 7.48. The Morgan fingerprint density at radius 2 is 1.80 bits per heavy atom. The smallest absolute Gasteiger partial charge is 0.228 e. The Morgan fingerprint density at radius 3 is 2.57 bits per heavy atom. The SMILES string of the molecule is Cc1nc2cc(N3CC(C(=O)N4CCN(c5ccccc5)CC4)CC3=O)ccc2o1. The van der Waals surface area contributed by atoms with Crippen molar-refractivity contribution < 1.29 is 14.0 Å². The summed E-state index contributed by atoms with van der Waals surface area (Å²) in [5.41, 5.74) is 3.38. The van der Waals surface area contributed by atoms with Crippen LogP contribution in [0, 0.1) is 12.8 Å². The molecule has 0 aliphatic carbocycles. The van der Waals surface area contributed by atoms with Gasteiger partial charge in [-0.05, 0) is 30.3 Å². The first-order valence-electron chi connectivity index (χ1n) is 10.3. The lowest BCUT2D eigenvalue weighted by molar-refractivity contribution is -0.136. The van der Waals surface area contributed by atoms with E-state index in [4.69, 9.17) is 4.42 Å². The van der Waals surface area contributed by atoms with Gasteiger partial charge in [0.15, 0.2) is 11.5 Å². The van der Waals surface area contributed by atoms with Gasteiger partial charge in [0, 0.05) is 57.4 Å². The van der Waals surface area contributed by atoms with Crippen LogP contribution in [0.3, 0.4) is 0 Å². The molecule has 154 valence electrons. The molecule has 1 unspecified atom stereocenters. The Labute approximate surface area is 174 Å². The zero-order chi connectivity index (χ0) is 20.7. The summed E-state index contributed by atoms with van der Waals surface area (Å²) in [6.07, 6.45) is 0.258. The fourth-order valence-corrected chi connectivity index (χ4v) is 4.40. The van der Waals surface area contributed by atoms with Gasteiger partial charge in [-0.3, -0.25) is 9.59 Å². The summed E-state index contributed by atoms with van der Waals surface area (Å²) in [6, 6.07) is 15.8.